The first-order valence-electron chi connectivity index (χ1n) is 5.29. The highest BCUT2D eigenvalue weighted by Crippen LogP contribution is 2.34. The number of nitrogens with zero attached hydrogens (tertiary/aromatic N) is 2. The number of alkyl halides is 3. The first kappa shape index (κ1) is 13.7. The number of halogens is 3. The summed E-state index contributed by atoms with van der Waals surface area (Å²) in [7, 11) is 1.50. The van der Waals surface area contributed by atoms with Gasteiger partial charge in [0.25, 0.3) is 0 Å². The van der Waals surface area contributed by atoms with E-state index in [1.54, 1.807) is 6.07 Å². The molecule has 0 radical (unpaired) electrons. The molecule has 0 bridgehead atoms. The standard InChI is InChI=1S/C11H10F3N3OS/c1-17-9(18)15-16-10(17)19-6-7-4-2-3-5-8(7)11(12,13)14/h2-5H,6H2,1H3,(H,15,18). The first-order chi connectivity index (χ1) is 8.89. The summed E-state index contributed by atoms with van der Waals surface area (Å²) in [5.74, 6) is 0.0911. The number of H-pyrrole nitrogens is 1. The van der Waals surface area contributed by atoms with Gasteiger partial charge in [0.1, 0.15) is 0 Å². The van der Waals surface area contributed by atoms with Crippen LogP contribution in [0.5, 0.6) is 0 Å². The molecule has 4 nitrogen and oxygen atoms in total. The summed E-state index contributed by atoms with van der Waals surface area (Å²) in [4.78, 5) is 11.1. The molecule has 0 aliphatic heterocycles. The Morgan fingerprint density at radius 1 is 1.37 bits per heavy atom. The fourth-order valence-corrected chi connectivity index (χ4v) is 2.45. The van der Waals surface area contributed by atoms with Gasteiger partial charge in [0.05, 0.1) is 5.56 Å². The number of aromatic nitrogens is 3. The van der Waals surface area contributed by atoms with E-state index in [1.807, 2.05) is 0 Å². The molecule has 102 valence electrons. The fraction of sp³-hybridized carbons (Fsp3) is 0.273. The molecule has 0 unspecified atom stereocenters. The first-order valence-corrected chi connectivity index (χ1v) is 6.27. The zero-order valence-corrected chi connectivity index (χ0v) is 10.7. The maximum atomic E-state index is 12.8. The Morgan fingerprint density at radius 3 is 2.63 bits per heavy atom. The molecule has 0 fully saturated rings. The lowest BCUT2D eigenvalue weighted by molar-refractivity contribution is -0.138. The van der Waals surface area contributed by atoms with Gasteiger partial charge in [-0.3, -0.25) is 4.57 Å². The van der Waals surface area contributed by atoms with E-state index < -0.39 is 17.4 Å². The molecule has 0 spiro atoms. The Bertz CT molecular complexity index is 633. The highest BCUT2D eigenvalue weighted by Gasteiger charge is 2.32. The number of thioether (sulfide) groups is 1. The molecule has 0 amide bonds. The number of nitrogens with one attached hydrogen (secondary N) is 1. The Labute approximate surface area is 110 Å². The van der Waals surface area contributed by atoms with Crippen LogP contribution in [0, 0.1) is 0 Å². The summed E-state index contributed by atoms with van der Waals surface area (Å²) >= 11 is 1.07. The fourth-order valence-electron chi connectivity index (χ4n) is 1.53. The molecule has 1 aromatic carbocycles. The van der Waals surface area contributed by atoms with Crippen molar-refractivity contribution in [2.45, 2.75) is 17.1 Å². The zero-order valence-electron chi connectivity index (χ0n) is 9.86. The quantitative estimate of drug-likeness (QED) is 0.883. The second-order valence-electron chi connectivity index (χ2n) is 3.81. The molecule has 2 aromatic rings. The van der Waals surface area contributed by atoms with Crippen molar-refractivity contribution in [1.82, 2.24) is 14.8 Å². The third kappa shape index (κ3) is 3.01. The van der Waals surface area contributed by atoms with Crippen LogP contribution in [0.3, 0.4) is 0 Å². The Balaban J connectivity index is 2.21. The van der Waals surface area contributed by atoms with E-state index >= 15 is 0 Å². The number of hydrogen-bond donors (Lipinski definition) is 1. The number of hydrogen-bond acceptors (Lipinski definition) is 3. The van der Waals surface area contributed by atoms with E-state index in [-0.39, 0.29) is 11.3 Å². The van der Waals surface area contributed by atoms with Gasteiger partial charge in [-0.25, -0.2) is 9.89 Å². The van der Waals surface area contributed by atoms with Crippen molar-refractivity contribution in [3.8, 4) is 0 Å². The lowest BCUT2D eigenvalue weighted by atomic mass is 10.1. The van der Waals surface area contributed by atoms with E-state index in [0.29, 0.717) is 5.16 Å². The third-order valence-corrected chi connectivity index (χ3v) is 3.60. The number of rotatable bonds is 3. The average molecular weight is 289 g/mol. The maximum absolute atomic E-state index is 12.8. The molecule has 1 N–H and O–H groups in total. The summed E-state index contributed by atoms with van der Waals surface area (Å²) in [5, 5.41) is 6.31. The second kappa shape index (κ2) is 5.12. The lowest BCUT2D eigenvalue weighted by Gasteiger charge is -2.11. The highest BCUT2D eigenvalue weighted by molar-refractivity contribution is 7.98. The van der Waals surface area contributed by atoms with Gasteiger partial charge in [-0.2, -0.15) is 13.2 Å². The van der Waals surface area contributed by atoms with Gasteiger partial charge < -0.3 is 0 Å². The van der Waals surface area contributed by atoms with E-state index in [0.717, 1.165) is 17.8 Å². The molecule has 0 aliphatic carbocycles. The van der Waals surface area contributed by atoms with Crippen LogP contribution in [0.4, 0.5) is 13.2 Å². The largest absolute Gasteiger partial charge is 0.416 e. The predicted octanol–water partition coefficient (Wildman–Crippen LogP) is 2.42. The Kier molecular flexibility index (Phi) is 3.70. The highest BCUT2D eigenvalue weighted by atomic mass is 32.2. The molecule has 8 heteroatoms. The van der Waals surface area contributed by atoms with Crippen LogP contribution in [-0.2, 0) is 19.0 Å². The SMILES string of the molecule is Cn1c(SCc2ccccc2C(F)(F)F)n[nH]c1=O. The van der Waals surface area contributed by atoms with Crippen LogP contribution >= 0.6 is 11.8 Å². The molecule has 1 heterocycles. The van der Waals surface area contributed by atoms with Crippen LogP contribution in [0.25, 0.3) is 0 Å². The monoisotopic (exact) mass is 289 g/mol. The van der Waals surface area contributed by atoms with E-state index in [1.165, 1.54) is 23.7 Å². The van der Waals surface area contributed by atoms with Crippen LogP contribution in [0.15, 0.2) is 34.2 Å². The summed E-state index contributed by atoms with van der Waals surface area (Å²) in [6.45, 7) is 0. The summed E-state index contributed by atoms with van der Waals surface area (Å²) < 4.78 is 39.6. The van der Waals surface area contributed by atoms with Gasteiger partial charge in [0, 0.05) is 12.8 Å². The summed E-state index contributed by atoms with van der Waals surface area (Å²) in [6.07, 6.45) is -4.38. The van der Waals surface area contributed by atoms with Gasteiger partial charge in [0.15, 0.2) is 5.16 Å². The Morgan fingerprint density at radius 2 is 2.05 bits per heavy atom. The van der Waals surface area contributed by atoms with Gasteiger partial charge in [0.2, 0.25) is 0 Å². The van der Waals surface area contributed by atoms with Crippen molar-refractivity contribution in [1.29, 1.82) is 0 Å². The second-order valence-corrected chi connectivity index (χ2v) is 4.76. The smallest absolute Gasteiger partial charge is 0.273 e. The molecule has 0 saturated heterocycles. The molecule has 2 rings (SSSR count). The van der Waals surface area contributed by atoms with Crippen molar-refractivity contribution in [3.63, 3.8) is 0 Å². The Hall–Kier alpha value is -1.70. The average Bonchev–Trinajstić information content (AvgIpc) is 2.67. The molecule has 0 saturated carbocycles. The van der Waals surface area contributed by atoms with Crippen molar-refractivity contribution >= 4 is 11.8 Å². The van der Waals surface area contributed by atoms with E-state index in [9.17, 15) is 18.0 Å². The number of aromatic amines is 1. The molecule has 1 aromatic heterocycles. The molecule has 19 heavy (non-hydrogen) atoms. The molecule has 0 aliphatic rings. The molecular weight excluding hydrogens is 279 g/mol. The van der Waals surface area contributed by atoms with Gasteiger partial charge >= 0.3 is 11.9 Å². The van der Waals surface area contributed by atoms with Gasteiger partial charge in [-0.1, -0.05) is 30.0 Å². The van der Waals surface area contributed by atoms with E-state index in [4.69, 9.17) is 0 Å². The van der Waals surface area contributed by atoms with E-state index in [2.05, 4.69) is 10.2 Å². The molecular formula is C11H10F3N3OS. The molecule has 0 atom stereocenters. The van der Waals surface area contributed by atoms with Crippen molar-refractivity contribution in [2.24, 2.45) is 7.05 Å². The van der Waals surface area contributed by atoms with Crippen LogP contribution in [0.2, 0.25) is 0 Å². The minimum Gasteiger partial charge on any atom is -0.273 e. The van der Waals surface area contributed by atoms with Crippen LogP contribution in [0.1, 0.15) is 11.1 Å². The number of benzene rings is 1. The van der Waals surface area contributed by atoms with Crippen molar-refractivity contribution < 1.29 is 13.2 Å². The minimum absolute atomic E-state index is 0.0911. The van der Waals surface area contributed by atoms with Gasteiger partial charge in [-0.05, 0) is 11.6 Å². The predicted molar refractivity (Wildman–Crippen MR) is 64.8 cm³/mol. The maximum Gasteiger partial charge on any atom is 0.416 e. The lowest BCUT2D eigenvalue weighted by Crippen LogP contribution is -2.13. The normalized spacial score (nSPS) is 11.8. The van der Waals surface area contributed by atoms with Crippen LogP contribution < -0.4 is 5.69 Å². The third-order valence-electron chi connectivity index (χ3n) is 2.52. The van der Waals surface area contributed by atoms with Crippen LogP contribution in [-0.4, -0.2) is 14.8 Å². The zero-order chi connectivity index (χ0) is 14.0. The summed E-state index contributed by atoms with van der Waals surface area (Å²) in [6, 6.07) is 5.36. The summed E-state index contributed by atoms with van der Waals surface area (Å²) in [5.41, 5.74) is -0.898. The van der Waals surface area contributed by atoms with Gasteiger partial charge in [-0.15, -0.1) is 5.10 Å². The van der Waals surface area contributed by atoms with Crippen molar-refractivity contribution in [3.05, 3.63) is 45.9 Å². The topological polar surface area (TPSA) is 50.7 Å². The minimum atomic E-state index is -4.38. The van der Waals surface area contributed by atoms with Crippen molar-refractivity contribution in [2.75, 3.05) is 0 Å².